The fourth-order valence-corrected chi connectivity index (χ4v) is 5.38. The molecule has 6 atom stereocenters. The third-order valence-electron chi connectivity index (χ3n) is 7.88. The molecule has 2 N–H and O–H groups in total. The Balaban J connectivity index is 1.75. The van der Waals surface area contributed by atoms with Gasteiger partial charge in [-0.25, -0.2) is 0 Å². The van der Waals surface area contributed by atoms with Gasteiger partial charge in [-0.15, -0.1) is 0 Å². The molecule has 6 nitrogen and oxygen atoms in total. The van der Waals surface area contributed by atoms with Gasteiger partial charge in [-0.2, -0.15) is 0 Å². The molecular weight excluding hydrogens is 406 g/mol. The molecule has 1 aliphatic heterocycles. The third kappa shape index (κ3) is 5.45. The van der Waals surface area contributed by atoms with Gasteiger partial charge in [-0.3, -0.25) is 14.9 Å². The quantitative estimate of drug-likeness (QED) is 0.427. The minimum absolute atomic E-state index is 0.0921. The van der Waals surface area contributed by atoms with Crippen molar-refractivity contribution in [3.8, 4) is 0 Å². The van der Waals surface area contributed by atoms with Gasteiger partial charge in [0.15, 0.2) is 0 Å². The topological polar surface area (TPSA) is 84.9 Å². The number of nitrogens with one attached hydrogen (secondary N) is 1. The summed E-state index contributed by atoms with van der Waals surface area (Å²) in [7, 11) is 0. The third-order valence-corrected chi connectivity index (χ3v) is 7.88. The first-order valence-electron chi connectivity index (χ1n) is 12.3. The molecule has 1 saturated heterocycles. The lowest BCUT2D eigenvalue weighted by atomic mass is 9.61. The smallest absolute Gasteiger partial charge is 0.312 e. The Kier molecular flexibility index (Phi) is 7.87. The number of carbonyl (C=O) groups is 2. The maximum absolute atomic E-state index is 12.5. The van der Waals surface area contributed by atoms with Crippen LogP contribution >= 0.6 is 0 Å². The maximum Gasteiger partial charge on any atom is 0.312 e. The molecule has 0 aromatic rings. The zero-order chi connectivity index (χ0) is 23.5. The summed E-state index contributed by atoms with van der Waals surface area (Å²) in [5.41, 5.74) is 0.504. The normalized spacial score (nSPS) is 35.0. The van der Waals surface area contributed by atoms with Crippen LogP contribution in [0.25, 0.3) is 0 Å². The summed E-state index contributed by atoms with van der Waals surface area (Å²) >= 11 is 0. The summed E-state index contributed by atoms with van der Waals surface area (Å²) in [6.45, 7) is 10.5. The molecule has 180 valence electrons. The van der Waals surface area contributed by atoms with E-state index in [9.17, 15) is 14.7 Å². The van der Waals surface area contributed by atoms with Gasteiger partial charge in [0.05, 0.1) is 17.9 Å². The van der Waals surface area contributed by atoms with Crippen molar-refractivity contribution in [3.63, 3.8) is 0 Å². The van der Waals surface area contributed by atoms with Gasteiger partial charge in [-0.1, -0.05) is 39.0 Å². The monoisotopic (exact) mass is 447 g/mol. The van der Waals surface area contributed by atoms with Gasteiger partial charge in [0, 0.05) is 12.0 Å². The second-order valence-electron chi connectivity index (χ2n) is 10.7. The van der Waals surface area contributed by atoms with Crippen LogP contribution in [0.1, 0.15) is 79.6 Å². The Morgan fingerprint density at radius 2 is 2.09 bits per heavy atom. The van der Waals surface area contributed by atoms with E-state index in [1.54, 1.807) is 0 Å². The van der Waals surface area contributed by atoms with Crippen LogP contribution in [0.15, 0.2) is 23.8 Å². The molecule has 1 fully saturated rings. The van der Waals surface area contributed by atoms with E-state index in [2.05, 4.69) is 37.4 Å². The van der Waals surface area contributed by atoms with Crippen LogP contribution in [0.3, 0.4) is 0 Å². The number of allylic oxidation sites excluding steroid dienone is 2. The highest BCUT2D eigenvalue weighted by Crippen LogP contribution is 2.47. The predicted molar refractivity (Wildman–Crippen MR) is 124 cm³/mol. The number of cyclic esters (lactones) is 1. The number of carbonyl (C=O) groups excluding carboxylic acids is 2. The summed E-state index contributed by atoms with van der Waals surface area (Å²) < 4.78 is 11.2. The van der Waals surface area contributed by atoms with Gasteiger partial charge in [-0.05, 0) is 69.3 Å². The van der Waals surface area contributed by atoms with Crippen LogP contribution in [0.4, 0.5) is 0 Å². The van der Waals surface area contributed by atoms with Crippen LogP contribution in [0.2, 0.25) is 0 Å². The first-order valence-corrected chi connectivity index (χ1v) is 12.3. The first-order chi connectivity index (χ1) is 15.1. The number of esters is 2. The number of aliphatic hydroxyl groups is 1. The van der Waals surface area contributed by atoms with E-state index in [4.69, 9.17) is 9.47 Å². The molecule has 32 heavy (non-hydrogen) atoms. The first kappa shape index (κ1) is 25.0. The second kappa shape index (κ2) is 10.1. The van der Waals surface area contributed by atoms with Gasteiger partial charge >= 0.3 is 11.9 Å². The molecule has 0 bridgehead atoms. The van der Waals surface area contributed by atoms with E-state index in [0.29, 0.717) is 18.3 Å². The Morgan fingerprint density at radius 1 is 1.34 bits per heavy atom. The molecule has 3 aliphatic rings. The van der Waals surface area contributed by atoms with Crippen molar-refractivity contribution < 1.29 is 24.2 Å². The van der Waals surface area contributed by atoms with Crippen LogP contribution in [0, 0.1) is 23.2 Å². The highest BCUT2D eigenvalue weighted by molar-refractivity contribution is 5.75. The second-order valence-corrected chi connectivity index (χ2v) is 10.7. The Morgan fingerprint density at radius 3 is 2.78 bits per heavy atom. The SMILES string of the molecule is CCC(C)(C)C(=O)OCN[C@]12CC[C@@H](C)C=C1C=C[C@H](C)[C@@H]2CCC1C[C@@H](O)CC(=O)O1. The van der Waals surface area contributed by atoms with Crippen molar-refractivity contribution in [3.05, 3.63) is 23.8 Å². The largest absolute Gasteiger partial charge is 0.462 e. The molecule has 0 radical (unpaired) electrons. The summed E-state index contributed by atoms with van der Waals surface area (Å²) in [5.74, 6) is 0.630. The van der Waals surface area contributed by atoms with E-state index in [1.807, 2.05) is 20.8 Å². The Hall–Kier alpha value is -1.66. The number of hydrogen-bond donors (Lipinski definition) is 2. The molecule has 2 aliphatic carbocycles. The Bertz CT molecular complexity index is 757. The molecule has 1 heterocycles. The summed E-state index contributed by atoms with van der Waals surface area (Å²) in [6.07, 6.45) is 10.9. The van der Waals surface area contributed by atoms with Crippen LogP contribution < -0.4 is 5.32 Å². The van der Waals surface area contributed by atoms with E-state index < -0.39 is 11.5 Å². The lowest BCUT2D eigenvalue weighted by Gasteiger charge is -2.50. The van der Waals surface area contributed by atoms with Gasteiger partial charge in [0.2, 0.25) is 0 Å². The van der Waals surface area contributed by atoms with Crippen molar-refractivity contribution in [2.45, 2.75) is 97.3 Å². The standard InChI is InChI=1S/C26H41NO5/c1-6-25(4,5)24(30)31-16-27-26-12-11-17(2)13-19(26)8-7-18(3)22(26)10-9-21-14-20(28)15-23(29)32-21/h7-8,13,17-18,20-22,27-28H,6,9-12,14-16H2,1-5H3/t17-,18+,20-,21?,22+,26-/m1/s1. The number of ether oxygens (including phenoxy) is 2. The lowest BCUT2D eigenvalue weighted by Crippen LogP contribution is -2.58. The predicted octanol–water partition coefficient (Wildman–Crippen LogP) is 4.28. The number of fused-ring (bicyclic) bond motifs is 1. The highest BCUT2D eigenvalue weighted by Gasteiger charge is 2.47. The van der Waals surface area contributed by atoms with Crippen molar-refractivity contribution in [1.82, 2.24) is 5.32 Å². The zero-order valence-corrected chi connectivity index (χ0v) is 20.4. The molecule has 3 rings (SSSR count). The van der Waals surface area contributed by atoms with Crippen molar-refractivity contribution in [2.75, 3.05) is 6.73 Å². The maximum atomic E-state index is 12.5. The van der Waals surface area contributed by atoms with Gasteiger partial charge < -0.3 is 14.6 Å². The Labute approximate surface area is 192 Å². The molecule has 0 spiro atoms. The van der Waals surface area contributed by atoms with E-state index in [0.717, 1.165) is 32.1 Å². The molecule has 1 unspecified atom stereocenters. The molecule has 0 aromatic heterocycles. The van der Waals surface area contributed by atoms with Crippen LogP contribution in [0.5, 0.6) is 0 Å². The molecule has 6 heteroatoms. The average molecular weight is 448 g/mol. The molecule has 0 saturated carbocycles. The summed E-state index contributed by atoms with van der Waals surface area (Å²) in [6, 6.07) is 0. The van der Waals surface area contributed by atoms with E-state index >= 15 is 0 Å². The van der Waals surface area contributed by atoms with E-state index in [-0.39, 0.29) is 42.7 Å². The number of rotatable bonds is 8. The molecule has 0 amide bonds. The summed E-state index contributed by atoms with van der Waals surface area (Å²) in [4.78, 5) is 24.3. The average Bonchev–Trinajstić information content (AvgIpc) is 2.73. The van der Waals surface area contributed by atoms with Crippen LogP contribution in [-0.4, -0.2) is 41.5 Å². The number of aliphatic hydroxyl groups excluding tert-OH is 1. The fraction of sp³-hybridized carbons (Fsp3) is 0.769. The van der Waals surface area contributed by atoms with Gasteiger partial charge in [0.1, 0.15) is 12.8 Å². The summed E-state index contributed by atoms with van der Waals surface area (Å²) in [5, 5.41) is 13.6. The zero-order valence-electron chi connectivity index (χ0n) is 20.4. The van der Waals surface area contributed by atoms with Crippen molar-refractivity contribution in [2.24, 2.45) is 23.2 Å². The van der Waals surface area contributed by atoms with Crippen molar-refractivity contribution in [1.29, 1.82) is 0 Å². The molecule has 0 aromatic carbocycles. The van der Waals surface area contributed by atoms with Crippen molar-refractivity contribution >= 4 is 11.9 Å². The van der Waals surface area contributed by atoms with Crippen LogP contribution in [-0.2, 0) is 19.1 Å². The van der Waals surface area contributed by atoms with E-state index in [1.165, 1.54) is 5.57 Å². The molecular formula is C26H41NO5. The lowest BCUT2D eigenvalue weighted by molar-refractivity contribution is -0.160. The minimum atomic E-state index is -0.607. The minimum Gasteiger partial charge on any atom is -0.462 e. The number of hydrogen-bond acceptors (Lipinski definition) is 6. The van der Waals surface area contributed by atoms with Gasteiger partial charge in [0.25, 0.3) is 0 Å². The highest BCUT2D eigenvalue weighted by atomic mass is 16.5. The fourth-order valence-electron chi connectivity index (χ4n) is 5.38.